The number of carbonyl (C=O) groups is 1. The minimum Gasteiger partial charge on any atom is -0.493 e. The fraction of sp³-hybridized carbons (Fsp3) is 0.407. The first-order chi connectivity index (χ1) is 16.4. The number of benzene rings is 2. The van der Waals surface area contributed by atoms with Gasteiger partial charge in [0.05, 0.1) is 19.3 Å². The first-order valence-electron chi connectivity index (χ1n) is 11.8. The molecule has 0 spiro atoms. The van der Waals surface area contributed by atoms with Crippen LogP contribution in [0.1, 0.15) is 49.7 Å². The number of carbonyl (C=O) groups excluding carboxylic acids is 1. The van der Waals surface area contributed by atoms with Crippen molar-refractivity contribution >= 4 is 16.7 Å². The molecule has 1 aliphatic heterocycles. The Bertz CT molecular complexity index is 1180. The number of amides is 1. The maximum absolute atomic E-state index is 13.8. The summed E-state index contributed by atoms with van der Waals surface area (Å²) in [6, 6.07) is 13.8. The predicted molar refractivity (Wildman–Crippen MR) is 133 cm³/mol. The Morgan fingerprint density at radius 3 is 2.62 bits per heavy atom. The van der Waals surface area contributed by atoms with Crippen molar-refractivity contribution in [3.63, 3.8) is 0 Å². The Labute approximate surface area is 201 Å². The van der Waals surface area contributed by atoms with Crippen LogP contribution in [-0.4, -0.2) is 48.3 Å². The van der Waals surface area contributed by atoms with Gasteiger partial charge in [0.2, 0.25) is 11.5 Å². The van der Waals surface area contributed by atoms with Gasteiger partial charge in [-0.15, -0.1) is 0 Å². The molecule has 1 aliphatic rings. The minimum absolute atomic E-state index is 0.113. The Kier molecular flexibility index (Phi) is 6.93. The van der Waals surface area contributed by atoms with E-state index in [4.69, 9.17) is 14.2 Å². The van der Waals surface area contributed by atoms with Crippen molar-refractivity contribution in [2.24, 2.45) is 0 Å². The third-order valence-corrected chi connectivity index (χ3v) is 6.44. The zero-order valence-corrected chi connectivity index (χ0v) is 20.6. The lowest BCUT2D eigenvalue weighted by Crippen LogP contribution is -2.42. The van der Waals surface area contributed by atoms with Gasteiger partial charge in [-0.05, 0) is 37.1 Å². The molecule has 0 bridgehead atoms. The van der Waals surface area contributed by atoms with Crippen molar-refractivity contribution in [2.45, 2.75) is 52.0 Å². The number of ether oxygens (including phenoxy) is 3. The van der Waals surface area contributed by atoms with Gasteiger partial charge in [0, 0.05) is 43.1 Å². The molecule has 0 radical (unpaired) electrons. The molecule has 3 aromatic rings. The van der Waals surface area contributed by atoms with Crippen molar-refractivity contribution in [1.29, 1.82) is 0 Å². The summed E-state index contributed by atoms with van der Waals surface area (Å²) in [5.41, 5.74) is 1.33. The van der Waals surface area contributed by atoms with Crippen molar-refractivity contribution in [3.8, 4) is 17.2 Å². The maximum Gasteiger partial charge on any atom is 0.254 e. The Balaban J connectivity index is 1.67. The summed E-state index contributed by atoms with van der Waals surface area (Å²) in [5, 5.41) is 5.48. The molecule has 0 aliphatic carbocycles. The molecule has 180 valence electrons. The number of hydrogen-bond donors (Lipinski definition) is 1. The zero-order valence-electron chi connectivity index (χ0n) is 20.6. The van der Waals surface area contributed by atoms with E-state index in [1.807, 2.05) is 56.3 Å². The monoisotopic (exact) mass is 463 g/mol. The van der Waals surface area contributed by atoms with Gasteiger partial charge in [-0.25, -0.2) is 0 Å². The summed E-state index contributed by atoms with van der Waals surface area (Å²) in [6.07, 6.45) is 3.41. The summed E-state index contributed by atoms with van der Waals surface area (Å²) >= 11 is 0. The number of aromatic nitrogens is 1. The van der Waals surface area contributed by atoms with Crippen molar-refractivity contribution < 1.29 is 19.0 Å². The second-order valence-corrected chi connectivity index (χ2v) is 8.80. The van der Waals surface area contributed by atoms with E-state index in [-0.39, 0.29) is 11.9 Å². The second-order valence-electron chi connectivity index (χ2n) is 8.80. The fourth-order valence-electron chi connectivity index (χ4n) is 4.15. The molecule has 4 rings (SSSR count). The number of rotatable bonds is 9. The number of nitrogens with one attached hydrogen (secondary N) is 1. The number of pyridine rings is 1. The molecule has 1 aromatic heterocycles. The van der Waals surface area contributed by atoms with Crippen LogP contribution < -0.4 is 19.5 Å². The average Bonchev–Trinajstić information content (AvgIpc) is 3.22. The van der Waals surface area contributed by atoms with Gasteiger partial charge in [0.15, 0.2) is 11.5 Å². The van der Waals surface area contributed by atoms with Gasteiger partial charge in [0.25, 0.3) is 5.91 Å². The van der Waals surface area contributed by atoms with Crippen molar-refractivity contribution in [3.05, 3.63) is 59.9 Å². The molecule has 34 heavy (non-hydrogen) atoms. The van der Waals surface area contributed by atoms with Crippen LogP contribution in [-0.2, 0) is 6.54 Å². The highest BCUT2D eigenvalue weighted by molar-refractivity contribution is 5.96. The van der Waals surface area contributed by atoms with E-state index >= 15 is 0 Å². The van der Waals surface area contributed by atoms with Crippen LogP contribution in [0, 0.1) is 0 Å². The molecule has 2 heterocycles. The molecule has 1 unspecified atom stereocenters. The van der Waals surface area contributed by atoms with Gasteiger partial charge in [-0.3, -0.25) is 9.78 Å². The third kappa shape index (κ3) is 4.80. The molecule has 2 aromatic carbocycles. The molecule has 0 saturated heterocycles. The van der Waals surface area contributed by atoms with Crippen molar-refractivity contribution in [2.75, 3.05) is 20.7 Å². The first kappa shape index (κ1) is 23.8. The van der Waals surface area contributed by atoms with E-state index < -0.39 is 5.79 Å². The molecular formula is C27H33N3O4. The molecule has 2 atom stereocenters. The second kappa shape index (κ2) is 9.89. The van der Waals surface area contributed by atoms with Crippen LogP contribution in [0.5, 0.6) is 17.2 Å². The number of fused-ring (bicyclic) bond motifs is 2. The van der Waals surface area contributed by atoms with E-state index in [2.05, 4.69) is 23.3 Å². The largest absolute Gasteiger partial charge is 0.493 e. The van der Waals surface area contributed by atoms with Crippen LogP contribution in [0.3, 0.4) is 0 Å². The Morgan fingerprint density at radius 2 is 1.94 bits per heavy atom. The van der Waals surface area contributed by atoms with Crippen LogP contribution in [0.25, 0.3) is 10.8 Å². The molecule has 0 fully saturated rings. The summed E-state index contributed by atoms with van der Waals surface area (Å²) in [7, 11) is 3.49. The lowest BCUT2D eigenvalue weighted by molar-refractivity contribution is -0.0647. The quantitative estimate of drug-likeness (QED) is 0.492. The van der Waals surface area contributed by atoms with E-state index in [0.717, 1.165) is 22.9 Å². The highest BCUT2D eigenvalue weighted by Gasteiger charge is 2.38. The molecule has 0 saturated carbocycles. The highest BCUT2D eigenvalue weighted by atomic mass is 16.7. The molecule has 7 nitrogen and oxygen atoms in total. The van der Waals surface area contributed by atoms with Crippen LogP contribution >= 0.6 is 0 Å². The predicted octanol–water partition coefficient (Wildman–Crippen LogP) is 4.78. The van der Waals surface area contributed by atoms with Crippen LogP contribution in [0.4, 0.5) is 0 Å². The highest BCUT2D eigenvalue weighted by Crippen LogP contribution is 2.47. The molecule has 1 amide bonds. The van der Waals surface area contributed by atoms with E-state index in [9.17, 15) is 4.79 Å². The topological polar surface area (TPSA) is 72.9 Å². The van der Waals surface area contributed by atoms with Gasteiger partial charge >= 0.3 is 0 Å². The SMILES string of the molecule is CC[C@@H](CN(Cc1cc2ccccc2cn1)C(=O)c1cc(OC)c2c(c1)OC(C)(CC)O2)NC. The standard InChI is InChI=1S/C27H33N3O4/c1-6-21(28-4)16-30(17-22-12-18-10-8-9-11-19(18)15-29-22)26(31)20-13-23(32-5)25-24(14-20)33-27(3,7-2)34-25/h8-15,21,28H,6-7,16-17H2,1-5H3/t21-,27?/m0/s1. The number of hydrogen-bond acceptors (Lipinski definition) is 6. The Hall–Kier alpha value is -3.32. The summed E-state index contributed by atoms with van der Waals surface area (Å²) < 4.78 is 17.6. The summed E-state index contributed by atoms with van der Waals surface area (Å²) in [5.74, 6) is 0.663. The lowest BCUT2D eigenvalue weighted by atomic mass is 10.1. The normalized spacial score (nSPS) is 17.6. The number of likely N-dealkylation sites (N-methyl/N-ethyl adjacent to an activating group) is 1. The first-order valence-corrected chi connectivity index (χ1v) is 11.8. The maximum atomic E-state index is 13.8. The third-order valence-electron chi connectivity index (χ3n) is 6.44. The zero-order chi connectivity index (χ0) is 24.3. The fourth-order valence-corrected chi connectivity index (χ4v) is 4.15. The molecular weight excluding hydrogens is 430 g/mol. The van der Waals surface area contributed by atoms with Crippen molar-refractivity contribution in [1.82, 2.24) is 15.2 Å². The summed E-state index contributed by atoms with van der Waals surface area (Å²) in [6.45, 7) is 6.91. The van der Waals surface area contributed by atoms with Crippen LogP contribution in [0.2, 0.25) is 0 Å². The summed E-state index contributed by atoms with van der Waals surface area (Å²) in [4.78, 5) is 20.2. The van der Waals surface area contributed by atoms with Gasteiger partial charge in [-0.1, -0.05) is 38.1 Å². The number of nitrogens with zero attached hydrogens (tertiary/aromatic N) is 2. The van der Waals surface area contributed by atoms with Gasteiger partial charge in [-0.2, -0.15) is 0 Å². The lowest BCUT2D eigenvalue weighted by Gasteiger charge is -2.27. The molecule has 1 N–H and O–H groups in total. The van der Waals surface area contributed by atoms with Gasteiger partial charge < -0.3 is 24.4 Å². The van der Waals surface area contributed by atoms with Crippen LogP contribution in [0.15, 0.2) is 48.7 Å². The number of methoxy groups -OCH3 is 1. The Morgan fingerprint density at radius 1 is 1.18 bits per heavy atom. The van der Waals surface area contributed by atoms with E-state index in [0.29, 0.717) is 42.3 Å². The smallest absolute Gasteiger partial charge is 0.254 e. The van der Waals surface area contributed by atoms with E-state index in [1.165, 1.54) is 0 Å². The minimum atomic E-state index is -0.772. The van der Waals surface area contributed by atoms with Gasteiger partial charge in [0.1, 0.15) is 0 Å². The van der Waals surface area contributed by atoms with E-state index in [1.54, 1.807) is 19.2 Å². The average molecular weight is 464 g/mol. The molecule has 7 heteroatoms.